The molecule has 0 radical (unpaired) electrons. The van der Waals surface area contributed by atoms with E-state index in [9.17, 15) is 0 Å². The fraction of sp³-hybridized carbons (Fsp3) is 0.357. The van der Waals surface area contributed by atoms with Gasteiger partial charge in [-0.1, -0.05) is 15.9 Å². The lowest BCUT2D eigenvalue weighted by atomic mass is 10.0. The molecule has 3 nitrogen and oxygen atoms in total. The van der Waals surface area contributed by atoms with E-state index in [4.69, 9.17) is 9.47 Å². The van der Waals surface area contributed by atoms with Crippen LogP contribution in [0.25, 0.3) is 0 Å². The average Bonchev–Trinajstić information content (AvgIpc) is 2.41. The van der Waals surface area contributed by atoms with Crippen LogP contribution in [0.15, 0.2) is 41.2 Å². The van der Waals surface area contributed by atoms with Crippen LogP contribution in [0.4, 0.5) is 0 Å². The van der Waals surface area contributed by atoms with E-state index in [1.807, 2.05) is 37.3 Å². The number of nitrogens with zero attached hydrogens (tertiary/aromatic N) is 1. The molecular weight excluding hydrogens is 294 g/mol. The Morgan fingerprint density at radius 1 is 1.33 bits per heavy atom. The standard InChI is InChI=1S/C14H16BrNO2/c1-3-18-11-6-4-10(5-7-11)14-12(15)8-9-13(16-14)17-2/h4-7,9,12H,3,8H2,1-2H3. The van der Waals surface area contributed by atoms with Crippen molar-refractivity contribution in [2.75, 3.05) is 13.7 Å². The van der Waals surface area contributed by atoms with Crippen molar-refractivity contribution in [3.63, 3.8) is 0 Å². The molecule has 1 aromatic rings. The highest BCUT2D eigenvalue weighted by Gasteiger charge is 2.19. The molecule has 1 aliphatic heterocycles. The summed E-state index contributed by atoms with van der Waals surface area (Å²) in [6.07, 6.45) is 2.87. The maximum atomic E-state index is 5.43. The number of rotatable bonds is 4. The van der Waals surface area contributed by atoms with E-state index in [2.05, 4.69) is 20.9 Å². The van der Waals surface area contributed by atoms with E-state index in [-0.39, 0.29) is 4.83 Å². The van der Waals surface area contributed by atoms with Gasteiger partial charge >= 0.3 is 0 Å². The second kappa shape index (κ2) is 6.05. The second-order valence-electron chi connectivity index (χ2n) is 3.90. The summed E-state index contributed by atoms with van der Waals surface area (Å²) in [5, 5.41) is 0. The van der Waals surface area contributed by atoms with Crippen molar-refractivity contribution in [3.05, 3.63) is 41.8 Å². The Bertz CT molecular complexity index is 465. The smallest absolute Gasteiger partial charge is 0.209 e. The Kier molecular flexibility index (Phi) is 4.42. The lowest BCUT2D eigenvalue weighted by Crippen LogP contribution is -2.18. The number of methoxy groups -OCH3 is 1. The number of alkyl halides is 1. The van der Waals surface area contributed by atoms with Gasteiger partial charge in [0.1, 0.15) is 5.75 Å². The fourth-order valence-electron chi connectivity index (χ4n) is 1.81. The fourth-order valence-corrected chi connectivity index (χ4v) is 2.37. The maximum Gasteiger partial charge on any atom is 0.209 e. The molecule has 1 aromatic carbocycles. The van der Waals surface area contributed by atoms with Gasteiger partial charge in [0, 0.05) is 0 Å². The Hall–Kier alpha value is -1.29. The molecule has 0 aliphatic carbocycles. The molecule has 0 spiro atoms. The van der Waals surface area contributed by atoms with Crippen LogP contribution in [0, 0.1) is 0 Å². The average molecular weight is 310 g/mol. The SMILES string of the molecule is CCOc1ccc(C2=NC(OC)=CCC2Br)cc1. The third-order valence-electron chi connectivity index (χ3n) is 2.70. The summed E-state index contributed by atoms with van der Waals surface area (Å²) in [7, 11) is 1.64. The predicted octanol–water partition coefficient (Wildman–Crippen LogP) is 3.53. The van der Waals surface area contributed by atoms with Crippen LogP contribution in [0.2, 0.25) is 0 Å². The van der Waals surface area contributed by atoms with Crippen molar-refractivity contribution in [2.24, 2.45) is 4.99 Å². The summed E-state index contributed by atoms with van der Waals surface area (Å²) < 4.78 is 10.6. The number of allylic oxidation sites excluding steroid dienone is 1. The van der Waals surface area contributed by atoms with Gasteiger partial charge in [0.25, 0.3) is 0 Å². The molecule has 0 bridgehead atoms. The maximum absolute atomic E-state index is 5.43. The second-order valence-corrected chi connectivity index (χ2v) is 5.01. The molecule has 0 fully saturated rings. The van der Waals surface area contributed by atoms with Gasteiger partial charge in [-0.15, -0.1) is 0 Å². The van der Waals surface area contributed by atoms with Gasteiger partial charge in [-0.3, -0.25) is 0 Å². The first-order valence-corrected chi connectivity index (χ1v) is 6.86. The van der Waals surface area contributed by atoms with Crippen LogP contribution < -0.4 is 4.74 Å². The van der Waals surface area contributed by atoms with Gasteiger partial charge in [-0.25, -0.2) is 4.99 Å². The van der Waals surface area contributed by atoms with Gasteiger partial charge < -0.3 is 9.47 Å². The zero-order valence-electron chi connectivity index (χ0n) is 10.5. The summed E-state index contributed by atoms with van der Waals surface area (Å²) in [4.78, 5) is 4.73. The van der Waals surface area contributed by atoms with Crippen molar-refractivity contribution in [2.45, 2.75) is 18.2 Å². The van der Waals surface area contributed by atoms with Crippen LogP contribution in [0.1, 0.15) is 18.9 Å². The van der Waals surface area contributed by atoms with Crippen molar-refractivity contribution in [1.29, 1.82) is 0 Å². The molecule has 0 aromatic heterocycles. The number of hydrogen-bond acceptors (Lipinski definition) is 3. The van der Waals surface area contributed by atoms with E-state index in [1.54, 1.807) is 7.11 Å². The van der Waals surface area contributed by atoms with Crippen LogP contribution in [0.5, 0.6) is 5.75 Å². The first-order valence-electron chi connectivity index (χ1n) is 5.94. The normalized spacial score (nSPS) is 18.9. The monoisotopic (exact) mass is 309 g/mol. The van der Waals surface area contributed by atoms with E-state index in [0.717, 1.165) is 23.4 Å². The molecule has 1 aliphatic rings. The van der Waals surface area contributed by atoms with E-state index in [1.165, 1.54) is 0 Å². The predicted molar refractivity (Wildman–Crippen MR) is 76.6 cm³/mol. The molecule has 0 amide bonds. The highest BCUT2D eigenvalue weighted by molar-refractivity contribution is 9.10. The van der Waals surface area contributed by atoms with Gasteiger partial charge in [0.05, 0.1) is 24.3 Å². The van der Waals surface area contributed by atoms with Crippen LogP contribution in [0.3, 0.4) is 0 Å². The molecule has 0 N–H and O–H groups in total. The molecule has 4 heteroatoms. The summed E-state index contributed by atoms with van der Waals surface area (Å²) in [5.41, 5.74) is 2.08. The molecule has 1 heterocycles. The minimum absolute atomic E-state index is 0.231. The zero-order chi connectivity index (χ0) is 13.0. The summed E-state index contributed by atoms with van der Waals surface area (Å²) in [6.45, 7) is 2.65. The minimum atomic E-state index is 0.231. The summed E-state index contributed by atoms with van der Waals surface area (Å²) in [5.74, 6) is 1.56. The first kappa shape index (κ1) is 13.1. The highest BCUT2D eigenvalue weighted by atomic mass is 79.9. The Labute approximate surface area is 116 Å². The van der Waals surface area contributed by atoms with E-state index >= 15 is 0 Å². The molecule has 2 rings (SSSR count). The molecule has 0 saturated carbocycles. The number of benzene rings is 1. The van der Waals surface area contributed by atoms with Crippen molar-refractivity contribution < 1.29 is 9.47 Å². The number of ether oxygens (including phenoxy) is 2. The summed E-state index contributed by atoms with van der Waals surface area (Å²) >= 11 is 3.64. The van der Waals surface area contributed by atoms with Gasteiger partial charge in [-0.2, -0.15) is 0 Å². The summed E-state index contributed by atoms with van der Waals surface area (Å²) in [6, 6.07) is 7.98. The topological polar surface area (TPSA) is 30.8 Å². The minimum Gasteiger partial charge on any atom is -0.494 e. The van der Waals surface area contributed by atoms with Crippen LogP contribution in [-0.2, 0) is 4.74 Å². The van der Waals surface area contributed by atoms with Crippen molar-refractivity contribution in [1.82, 2.24) is 0 Å². The molecule has 0 saturated heterocycles. The van der Waals surface area contributed by atoms with Crippen molar-refractivity contribution in [3.8, 4) is 5.75 Å². The van der Waals surface area contributed by atoms with E-state index < -0.39 is 0 Å². The van der Waals surface area contributed by atoms with Gasteiger partial charge in [0.15, 0.2) is 0 Å². The number of aliphatic imine (C=N–C) groups is 1. The Morgan fingerprint density at radius 3 is 2.67 bits per heavy atom. The third kappa shape index (κ3) is 2.93. The number of hydrogen-bond donors (Lipinski definition) is 0. The first-order chi connectivity index (χ1) is 8.74. The molecule has 1 unspecified atom stereocenters. The van der Waals surface area contributed by atoms with Crippen LogP contribution in [-0.4, -0.2) is 24.3 Å². The third-order valence-corrected chi connectivity index (χ3v) is 3.50. The van der Waals surface area contributed by atoms with E-state index in [0.29, 0.717) is 12.5 Å². The Morgan fingerprint density at radius 2 is 2.06 bits per heavy atom. The molecule has 96 valence electrons. The van der Waals surface area contributed by atoms with Gasteiger partial charge in [-0.05, 0) is 49.2 Å². The largest absolute Gasteiger partial charge is 0.494 e. The quantitative estimate of drug-likeness (QED) is 0.797. The highest BCUT2D eigenvalue weighted by Crippen LogP contribution is 2.23. The Balaban J connectivity index is 2.24. The van der Waals surface area contributed by atoms with Crippen LogP contribution >= 0.6 is 15.9 Å². The lowest BCUT2D eigenvalue weighted by Gasteiger charge is -2.17. The number of halogens is 1. The zero-order valence-corrected chi connectivity index (χ0v) is 12.1. The van der Waals surface area contributed by atoms with Crippen molar-refractivity contribution >= 4 is 21.6 Å². The molecular formula is C14H16BrNO2. The lowest BCUT2D eigenvalue weighted by molar-refractivity contribution is 0.285. The molecule has 18 heavy (non-hydrogen) atoms. The molecule has 1 atom stereocenters. The van der Waals surface area contributed by atoms with Gasteiger partial charge in [0.2, 0.25) is 5.88 Å².